The van der Waals surface area contributed by atoms with Crippen molar-refractivity contribution in [1.29, 1.82) is 0 Å². The van der Waals surface area contributed by atoms with Crippen molar-refractivity contribution >= 4 is 23.3 Å². The van der Waals surface area contributed by atoms with Crippen LogP contribution in [0.15, 0.2) is 23.4 Å². The first-order valence-electron chi connectivity index (χ1n) is 8.03. The monoisotopic (exact) mass is 331 g/mol. The largest absolute Gasteiger partial charge is 0.378 e. The van der Waals surface area contributed by atoms with Crippen LogP contribution in [-0.2, 0) is 20.9 Å². The van der Waals surface area contributed by atoms with Crippen LogP contribution in [0.2, 0.25) is 0 Å². The number of nitrogens with zero attached hydrogens (tertiary/aromatic N) is 4. The minimum atomic E-state index is -0.237. The summed E-state index contributed by atoms with van der Waals surface area (Å²) < 4.78 is 5.35. The zero-order valence-electron chi connectivity index (χ0n) is 13.7. The molecule has 128 valence electrons. The molecule has 2 amide bonds. The van der Waals surface area contributed by atoms with E-state index in [1.807, 2.05) is 12.1 Å². The molecule has 0 saturated carbocycles. The van der Waals surface area contributed by atoms with Gasteiger partial charge in [-0.2, -0.15) is 5.10 Å². The topological polar surface area (TPSA) is 87.1 Å². The molecular weight excluding hydrogens is 310 g/mol. The summed E-state index contributed by atoms with van der Waals surface area (Å²) in [6, 6.07) is 3.85. The maximum Gasteiger partial charge on any atom is 0.267 e. The van der Waals surface area contributed by atoms with Crippen LogP contribution in [0.4, 0.5) is 5.82 Å². The molecule has 1 N–H and O–H groups in total. The molecule has 1 saturated heterocycles. The Kier molecular flexibility index (Phi) is 5.05. The van der Waals surface area contributed by atoms with E-state index in [1.54, 1.807) is 13.2 Å². The predicted octanol–water partition coefficient (Wildman–Crippen LogP) is 0.143. The molecule has 1 aromatic rings. The van der Waals surface area contributed by atoms with Crippen molar-refractivity contribution in [3.63, 3.8) is 0 Å². The molecule has 24 heavy (non-hydrogen) atoms. The first kappa shape index (κ1) is 16.4. The number of hydrogen-bond donors (Lipinski definition) is 1. The molecule has 1 aromatic heterocycles. The van der Waals surface area contributed by atoms with E-state index in [4.69, 9.17) is 4.74 Å². The van der Waals surface area contributed by atoms with Crippen LogP contribution in [0.3, 0.4) is 0 Å². The zero-order chi connectivity index (χ0) is 16.9. The molecule has 0 unspecified atom stereocenters. The summed E-state index contributed by atoms with van der Waals surface area (Å²) in [6.07, 6.45) is 2.44. The lowest BCUT2D eigenvalue weighted by Gasteiger charge is -2.28. The first-order chi connectivity index (χ1) is 11.6. The van der Waals surface area contributed by atoms with Gasteiger partial charge in [-0.1, -0.05) is 0 Å². The third-order valence-corrected chi connectivity index (χ3v) is 4.07. The van der Waals surface area contributed by atoms with Gasteiger partial charge in [0.05, 0.1) is 13.2 Å². The quantitative estimate of drug-likeness (QED) is 0.848. The van der Waals surface area contributed by atoms with Gasteiger partial charge in [-0.15, -0.1) is 0 Å². The second-order valence-corrected chi connectivity index (χ2v) is 5.77. The fourth-order valence-electron chi connectivity index (χ4n) is 2.65. The standard InChI is InChI=1S/C16H21N5O3/c1-20-15(22)3-2-13(19-20)16(23)18-11-12-4-5-17-14(10-12)21-6-8-24-9-7-21/h4-5,10H,2-3,6-9,11H2,1H3,(H,18,23). The van der Waals surface area contributed by atoms with Crippen LogP contribution in [0.5, 0.6) is 0 Å². The third kappa shape index (κ3) is 3.88. The molecule has 2 aliphatic heterocycles. The van der Waals surface area contributed by atoms with Gasteiger partial charge in [0.25, 0.3) is 5.91 Å². The van der Waals surface area contributed by atoms with E-state index in [9.17, 15) is 9.59 Å². The molecule has 0 aromatic carbocycles. The Morgan fingerprint density at radius 3 is 2.88 bits per heavy atom. The second kappa shape index (κ2) is 7.39. The van der Waals surface area contributed by atoms with Gasteiger partial charge >= 0.3 is 0 Å². The maximum absolute atomic E-state index is 12.2. The minimum Gasteiger partial charge on any atom is -0.378 e. The van der Waals surface area contributed by atoms with Gasteiger partial charge < -0.3 is 15.0 Å². The number of pyridine rings is 1. The number of amides is 2. The number of anilines is 1. The number of ether oxygens (including phenoxy) is 1. The Bertz CT molecular complexity index is 655. The normalized spacial score (nSPS) is 18.4. The average molecular weight is 331 g/mol. The highest BCUT2D eigenvalue weighted by Gasteiger charge is 2.21. The fraction of sp³-hybridized carbons (Fsp3) is 0.500. The van der Waals surface area contributed by atoms with E-state index in [-0.39, 0.29) is 11.8 Å². The number of morpholine rings is 1. The van der Waals surface area contributed by atoms with E-state index in [2.05, 4.69) is 20.3 Å². The van der Waals surface area contributed by atoms with Crippen molar-refractivity contribution in [3.8, 4) is 0 Å². The van der Waals surface area contributed by atoms with Gasteiger partial charge in [-0.25, -0.2) is 9.99 Å². The van der Waals surface area contributed by atoms with Crippen molar-refractivity contribution in [2.75, 3.05) is 38.3 Å². The van der Waals surface area contributed by atoms with E-state index in [1.165, 1.54) is 5.01 Å². The van der Waals surface area contributed by atoms with E-state index in [0.29, 0.717) is 38.3 Å². The highest BCUT2D eigenvalue weighted by atomic mass is 16.5. The summed E-state index contributed by atoms with van der Waals surface area (Å²) in [5.41, 5.74) is 1.36. The highest BCUT2D eigenvalue weighted by molar-refractivity contribution is 6.39. The molecule has 0 spiro atoms. The van der Waals surface area contributed by atoms with E-state index < -0.39 is 0 Å². The van der Waals surface area contributed by atoms with Crippen molar-refractivity contribution in [2.24, 2.45) is 5.10 Å². The van der Waals surface area contributed by atoms with E-state index in [0.717, 1.165) is 24.5 Å². The summed E-state index contributed by atoms with van der Waals surface area (Å²) in [5, 5.41) is 8.10. The summed E-state index contributed by atoms with van der Waals surface area (Å²) in [4.78, 5) is 30.1. The van der Waals surface area contributed by atoms with Gasteiger partial charge in [-0.3, -0.25) is 9.59 Å². The first-order valence-corrected chi connectivity index (χ1v) is 8.03. The molecule has 2 aliphatic rings. The van der Waals surface area contributed by atoms with Crippen molar-refractivity contribution in [1.82, 2.24) is 15.3 Å². The van der Waals surface area contributed by atoms with Crippen molar-refractivity contribution in [2.45, 2.75) is 19.4 Å². The van der Waals surface area contributed by atoms with Crippen LogP contribution < -0.4 is 10.2 Å². The Balaban J connectivity index is 1.59. The summed E-state index contributed by atoms with van der Waals surface area (Å²) in [7, 11) is 1.56. The van der Waals surface area contributed by atoms with Crippen LogP contribution in [0, 0.1) is 0 Å². The Hall–Kier alpha value is -2.48. The Morgan fingerprint density at radius 2 is 2.12 bits per heavy atom. The highest BCUT2D eigenvalue weighted by Crippen LogP contribution is 2.14. The maximum atomic E-state index is 12.2. The molecular formula is C16H21N5O3. The number of aromatic nitrogens is 1. The number of hydrazone groups is 1. The smallest absolute Gasteiger partial charge is 0.267 e. The molecule has 0 bridgehead atoms. The Morgan fingerprint density at radius 1 is 1.33 bits per heavy atom. The van der Waals surface area contributed by atoms with Gasteiger partial charge in [-0.05, 0) is 17.7 Å². The van der Waals surface area contributed by atoms with E-state index >= 15 is 0 Å². The summed E-state index contributed by atoms with van der Waals surface area (Å²) >= 11 is 0. The molecule has 1 fully saturated rings. The molecule has 8 nitrogen and oxygen atoms in total. The van der Waals surface area contributed by atoms with Crippen LogP contribution in [0.1, 0.15) is 18.4 Å². The lowest BCUT2D eigenvalue weighted by atomic mass is 10.1. The van der Waals surface area contributed by atoms with Gasteiger partial charge in [0.15, 0.2) is 0 Å². The minimum absolute atomic E-state index is 0.0733. The average Bonchev–Trinajstić information content (AvgIpc) is 2.63. The molecule has 3 rings (SSSR count). The van der Waals surface area contributed by atoms with Crippen molar-refractivity contribution in [3.05, 3.63) is 23.9 Å². The SMILES string of the molecule is CN1N=C(C(=O)NCc2ccnc(N3CCOCC3)c2)CCC1=O. The van der Waals surface area contributed by atoms with Crippen LogP contribution in [0.25, 0.3) is 0 Å². The summed E-state index contributed by atoms with van der Waals surface area (Å²) in [6.45, 7) is 3.44. The van der Waals surface area contributed by atoms with Crippen molar-refractivity contribution < 1.29 is 14.3 Å². The molecule has 3 heterocycles. The third-order valence-electron chi connectivity index (χ3n) is 4.07. The van der Waals surface area contributed by atoms with Crippen LogP contribution in [-0.4, -0.2) is 60.9 Å². The number of carbonyl (C=O) groups excluding carboxylic acids is 2. The molecule has 0 atom stereocenters. The molecule has 0 aliphatic carbocycles. The fourth-order valence-corrected chi connectivity index (χ4v) is 2.65. The lowest BCUT2D eigenvalue weighted by Crippen LogP contribution is -2.37. The van der Waals surface area contributed by atoms with Gasteiger partial charge in [0, 0.05) is 45.7 Å². The van der Waals surface area contributed by atoms with Crippen LogP contribution >= 0.6 is 0 Å². The lowest BCUT2D eigenvalue weighted by molar-refractivity contribution is -0.130. The zero-order valence-corrected chi connectivity index (χ0v) is 13.7. The number of hydrogen-bond acceptors (Lipinski definition) is 6. The number of rotatable bonds is 4. The molecule has 8 heteroatoms. The van der Waals surface area contributed by atoms with Gasteiger partial charge in [0.2, 0.25) is 5.91 Å². The second-order valence-electron chi connectivity index (χ2n) is 5.77. The molecule has 0 radical (unpaired) electrons. The Labute approximate surface area is 140 Å². The summed E-state index contributed by atoms with van der Waals surface area (Å²) in [5.74, 6) is 0.584. The number of carbonyl (C=O) groups is 2. The predicted molar refractivity (Wildman–Crippen MR) is 88.6 cm³/mol. The number of nitrogens with one attached hydrogen (secondary N) is 1. The van der Waals surface area contributed by atoms with Gasteiger partial charge in [0.1, 0.15) is 11.5 Å².